The highest BCUT2D eigenvalue weighted by Crippen LogP contribution is 2.21. The Morgan fingerprint density at radius 1 is 1.21 bits per heavy atom. The Balaban J connectivity index is 1.86. The number of aromatic nitrogens is 3. The molecule has 0 aliphatic heterocycles. The third-order valence-corrected chi connectivity index (χ3v) is 5.96. The summed E-state index contributed by atoms with van der Waals surface area (Å²) < 4.78 is 27.9. The largest absolute Gasteiger partial charge is 0.348 e. The van der Waals surface area contributed by atoms with E-state index in [0.717, 1.165) is 11.3 Å². The van der Waals surface area contributed by atoms with E-state index in [1.165, 1.54) is 7.05 Å². The molecule has 0 fully saturated rings. The lowest BCUT2D eigenvalue weighted by Crippen LogP contribution is -2.25. The molecule has 1 amide bonds. The number of aryl methyl sites for hydroxylation is 1. The summed E-state index contributed by atoms with van der Waals surface area (Å²) >= 11 is 0. The molecule has 2 aromatic heterocycles. The van der Waals surface area contributed by atoms with Gasteiger partial charge in [-0.15, -0.1) is 0 Å². The van der Waals surface area contributed by atoms with Crippen molar-refractivity contribution in [2.75, 3.05) is 7.05 Å². The highest BCUT2D eigenvalue weighted by atomic mass is 32.2. The number of carbonyl (C=O) groups is 1. The predicted octanol–water partition coefficient (Wildman–Crippen LogP) is 2.30. The van der Waals surface area contributed by atoms with Crippen LogP contribution in [0.5, 0.6) is 0 Å². The molecule has 0 aliphatic carbocycles. The fourth-order valence-corrected chi connectivity index (χ4v) is 3.96. The van der Waals surface area contributed by atoms with Gasteiger partial charge in [-0.25, -0.2) is 22.8 Å². The highest BCUT2D eigenvalue weighted by Gasteiger charge is 2.18. The monoisotopic (exact) mass is 415 g/mol. The lowest BCUT2D eigenvalue weighted by atomic mass is 10.1. The van der Waals surface area contributed by atoms with Crippen molar-refractivity contribution < 1.29 is 13.2 Å². The number of benzene rings is 1. The lowest BCUT2D eigenvalue weighted by molar-refractivity contribution is 0.0952. The van der Waals surface area contributed by atoms with E-state index in [2.05, 4.69) is 20.1 Å². The summed E-state index contributed by atoms with van der Waals surface area (Å²) in [6.45, 7) is 6.07. The maximum Gasteiger partial charge on any atom is 0.252 e. The van der Waals surface area contributed by atoms with Crippen molar-refractivity contribution in [2.24, 2.45) is 0 Å². The number of rotatable bonds is 7. The summed E-state index contributed by atoms with van der Waals surface area (Å²) in [5.41, 5.74) is 3.29. The number of sulfonamides is 1. The molecule has 0 unspecified atom stereocenters. The lowest BCUT2D eigenvalue weighted by Gasteiger charge is -2.12. The molecule has 8 nitrogen and oxygen atoms in total. The van der Waals surface area contributed by atoms with Crippen LogP contribution in [0.3, 0.4) is 0 Å². The van der Waals surface area contributed by atoms with Crippen LogP contribution in [0, 0.1) is 6.92 Å². The Morgan fingerprint density at radius 3 is 2.55 bits per heavy atom. The summed E-state index contributed by atoms with van der Waals surface area (Å²) in [5.74, 6) is -0.398. The summed E-state index contributed by atoms with van der Waals surface area (Å²) in [6.07, 6.45) is 1.66. The molecule has 2 heterocycles. The number of amides is 1. The molecule has 9 heteroatoms. The predicted molar refractivity (Wildman–Crippen MR) is 112 cm³/mol. The van der Waals surface area contributed by atoms with Crippen LogP contribution in [0.2, 0.25) is 0 Å². The van der Waals surface area contributed by atoms with Crippen LogP contribution >= 0.6 is 0 Å². The van der Waals surface area contributed by atoms with Gasteiger partial charge in [-0.05, 0) is 45.0 Å². The molecule has 0 aliphatic rings. The van der Waals surface area contributed by atoms with E-state index in [9.17, 15) is 13.2 Å². The highest BCUT2D eigenvalue weighted by molar-refractivity contribution is 7.88. The number of fused-ring (bicyclic) bond motifs is 1. The fraction of sp³-hybridized carbons (Fsp3) is 0.350. The smallest absolute Gasteiger partial charge is 0.252 e. The summed E-state index contributed by atoms with van der Waals surface area (Å²) in [4.78, 5) is 17.4. The molecule has 0 saturated heterocycles. The van der Waals surface area contributed by atoms with E-state index in [-0.39, 0.29) is 24.2 Å². The van der Waals surface area contributed by atoms with Crippen LogP contribution in [-0.4, -0.2) is 36.1 Å². The maximum absolute atomic E-state index is 12.9. The molecule has 1 aromatic carbocycles. The Hall–Kier alpha value is -2.78. The third kappa shape index (κ3) is 4.63. The van der Waals surface area contributed by atoms with Gasteiger partial charge < -0.3 is 5.32 Å². The van der Waals surface area contributed by atoms with Crippen molar-refractivity contribution in [2.45, 2.75) is 39.1 Å². The van der Waals surface area contributed by atoms with Crippen molar-refractivity contribution in [1.82, 2.24) is 24.8 Å². The molecule has 0 saturated carbocycles. The molecule has 0 atom stereocenters. The quantitative estimate of drug-likeness (QED) is 0.616. The molecule has 2 N–H and O–H groups in total. The second kappa shape index (κ2) is 8.30. The van der Waals surface area contributed by atoms with Crippen molar-refractivity contribution >= 4 is 27.0 Å². The number of carbonyl (C=O) groups excluding carboxylic acids is 1. The molecule has 0 radical (unpaired) electrons. The first-order valence-electron chi connectivity index (χ1n) is 9.33. The van der Waals surface area contributed by atoms with Crippen LogP contribution in [0.4, 0.5) is 0 Å². The molecule has 3 aromatic rings. The van der Waals surface area contributed by atoms with E-state index in [1.807, 2.05) is 32.9 Å². The summed E-state index contributed by atoms with van der Waals surface area (Å²) in [6, 6.07) is 9.02. The van der Waals surface area contributed by atoms with Crippen molar-refractivity contribution in [3.63, 3.8) is 0 Å². The van der Waals surface area contributed by atoms with Crippen LogP contribution in [-0.2, 0) is 22.3 Å². The van der Waals surface area contributed by atoms with Gasteiger partial charge in [0.25, 0.3) is 5.91 Å². The van der Waals surface area contributed by atoms with E-state index < -0.39 is 10.0 Å². The normalized spacial score (nSPS) is 11.9. The first-order valence-corrected chi connectivity index (χ1v) is 11.0. The number of nitrogens with one attached hydrogen (secondary N) is 2. The van der Waals surface area contributed by atoms with Gasteiger partial charge in [0.2, 0.25) is 10.0 Å². The number of pyridine rings is 1. The summed E-state index contributed by atoms with van der Waals surface area (Å²) in [5, 5.41) is 7.95. The minimum atomic E-state index is -3.41. The SMILES string of the molecule is CNS(=O)(=O)Cc1ccccc1CNC(=O)c1cc(C)nc2c1cnn2C(C)C. The molecule has 0 bridgehead atoms. The van der Waals surface area contributed by atoms with Crippen molar-refractivity contribution in [3.8, 4) is 0 Å². The Morgan fingerprint density at radius 2 is 1.90 bits per heavy atom. The van der Waals surface area contributed by atoms with E-state index in [0.29, 0.717) is 22.2 Å². The Bertz CT molecular complexity index is 1150. The standard InChI is InChI=1S/C20H25N5O3S/c1-13(2)25-19-18(11-23-25)17(9-14(3)24-19)20(26)22-10-15-7-5-6-8-16(15)12-29(27,28)21-4/h5-9,11,13,21H,10,12H2,1-4H3,(H,22,26). The zero-order valence-corrected chi connectivity index (χ0v) is 17.7. The average Bonchev–Trinajstić information content (AvgIpc) is 3.10. The molecule has 154 valence electrons. The third-order valence-electron chi connectivity index (χ3n) is 4.64. The molecule has 29 heavy (non-hydrogen) atoms. The molecular weight excluding hydrogens is 390 g/mol. The summed E-state index contributed by atoms with van der Waals surface area (Å²) in [7, 11) is -2.02. The average molecular weight is 416 g/mol. The first kappa shape index (κ1) is 20.9. The minimum Gasteiger partial charge on any atom is -0.348 e. The Kier molecular flexibility index (Phi) is 5.99. The second-order valence-corrected chi connectivity index (χ2v) is 9.07. The Labute approximate surface area is 170 Å². The van der Waals surface area contributed by atoms with Gasteiger partial charge >= 0.3 is 0 Å². The van der Waals surface area contributed by atoms with Crippen molar-refractivity contribution in [3.05, 3.63) is 58.9 Å². The minimum absolute atomic E-state index is 0.124. The van der Waals surface area contributed by atoms with Gasteiger partial charge in [-0.2, -0.15) is 5.10 Å². The molecule has 3 rings (SSSR count). The second-order valence-electron chi connectivity index (χ2n) is 7.15. The van der Waals surface area contributed by atoms with E-state index in [1.54, 1.807) is 29.1 Å². The van der Waals surface area contributed by atoms with Gasteiger partial charge in [-0.1, -0.05) is 24.3 Å². The van der Waals surface area contributed by atoms with Crippen LogP contribution in [0.15, 0.2) is 36.5 Å². The topological polar surface area (TPSA) is 106 Å². The van der Waals surface area contributed by atoms with Crippen LogP contribution in [0.1, 0.15) is 47.1 Å². The van der Waals surface area contributed by atoms with Gasteiger partial charge in [-0.3, -0.25) is 4.79 Å². The maximum atomic E-state index is 12.9. The van der Waals surface area contributed by atoms with Gasteiger partial charge in [0, 0.05) is 18.3 Å². The number of nitrogens with zero attached hydrogens (tertiary/aromatic N) is 3. The van der Waals surface area contributed by atoms with Gasteiger partial charge in [0.1, 0.15) is 0 Å². The van der Waals surface area contributed by atoms with E-state index >= 15 is 0 Å². The van der Waals surface area contributed by atoms with Crippen molar-refractivity contribution in [1.29, 1.82) is 0 Å². The van der Waals surface area contributed by atoms with Gasteiger partial charge in [0.15, 0.2) is 5.65 Å². The van der Waals surface area contributed by atoms with E-state index in [4.69, 9.17) is 0 Å². The zero-order valence-electron chi connectivity index (χ0n) is 16.9. The molecule has 0 spiro atoms. The number of hydrogen-bond acceptors (Lipinski definition) is 5. The zero-order chi connectivity index (χ0) is 21.2. The van der Waals surface area contributed by atoms with Crippen LogP contribution < -0.4 is 10.0 Å². The van der Waals surface area contributed by atoms with Gasteiger partial charge in [0.05, 0.1) is 22.9 Å². The van der Waals surface area contributed by atoms with Crippen LogP contribution in [0.25, 0.3) is 11.0 Å². The first-order chi connectivity index (χ1) is 13.7. The number of hydrogen-bond donors (Lipinski definition) is 2. The fourth-order valence-electron chi connectivity index (χ4n) is 3.13. The molecular formula is C20H25N5O3S.